The summed E-state index contributed by atoms with van der Waals surface area (Å²) < 4.78 is 0. The van der Waals surface area contributed by atoms with Crippen LogP contribution in [-0.2, 0) is 0 Å². The van der Waals surface area contributed by atoms with E-state index in [4.69, 9.17) is 39.9 Å². The monoisotopic (exact) mass is 274 g/mol. The summed E-state index contributed by atoms with van der Waals surface area (Å²) in [4.78, 5) is 7.87. The van der Waals surface area contributed by atoms with Gasteiger partial charge in [-0.1, -0.05) is 34.8 Å². The highest BCUT2D eigenvalue weighted by atomic mass is 35.5. The summed E-state index contributed by atoms with van der Waals surface area (Å²) in [6.45, 7) is 0. The van der Waals surface area contributed by atoms with Gasteiger partial charge in [0.25, 0.3) is 0 Å². The summed E-state index contributed by atoms with van der Waals surface area (Å²) in [5.74, 6) is 0.362. The number of benzene rings is 1. The van der Waals surface area contributed by atoms with Gasteiger partial charge < -0.3 is 5.11 Å². The molecule has 0 unspecified atom stereocenters. The van der Waals surface area contributed by atoms with Gasteiger partial charge in [0, 0.05) is 5.56 Å². The lowest BCUT2D eigenvalue weighted by molar-refractivity contribution is 0.470. The van der Waals surface area contributed by atoms with Crippen LogP contribution in [-0.4, -0.2) is 15.1 Å². The molecule has 1 aromatic heterocycles. The van der Waals surface area contributed by atoms with Gasteiger partial charge in [0.05, 0.1) is 27.5 Å². The van der Waals surface area contributed by atoms with Crippen molar-refractivity contribution in [1.82, 2.24) is 9.97 Å². The molecule has 3 nitrogen and oxygen atoms in total. The summed E-state index contributed by atoms with van der Waals surface area (Å²) in [6.07, 6.45) is 2.56. The summed E-state index contributed by atoms with van der Waals surface area (Å²) in [6, 6.07) is 3.28. The highest BCUT2D eigenvalue weighted by Crippen LogP contribution is 2.36. The standard InChI is InChI=1S/C10H5Cl3N2O/c11-7-2-1-6(8(12)9(7)13)10-14-3-5(16)4-15-10/h1-4,16H. The van der Waals surface area contributed by atoms with Crippen LogP contribution in [0, 0.1) is 0 Å². The smallest absolute Gasteiger partial charge is 0.160 e. The molecule has 82 valence electrons. The quantitative estimate of drug-likeness (QED) is 0.805. The van der Waals surface area contributed by atoms with Crippen LogP contribution in [0.25, 0.3) is 11.4 Å². The third-order valence-corrected chi connectivity index (χ3v) is 3.21. The maximum absolute atomic E-state index is 9.07. The molecule has 2 aromatic rings. The van der Waals surface area contributed by atoms with Gasteiger partial charge in [-0.25, -0.2) is 9.97 Å². The maximum Gasteiger partial charge on any atom is 0.160 e. The zero-order valence-electron chi connectivity index (χ0n) is 7.78. The molecule has 0 saturated heterocycles. The van der Waals surface area contributed by atoms with E-state index in [9.17, 15) is 0 Å². The first-order chi connectivity index (χ1) is 7.59. The van der Waals surface area contributed by atoms with Crippen LogP contribution >= 0.6 is 34.8 Å². The van der Waals surface area contributed by atoms with Crippen molar-refractivity contribution in [3.63, 3.8) is 0 Å². The third kappa shape index (κ3) is 2.07. The van der Waals surface area contributed by atoms with E-state index in [-0.39, 0.29) is 10.8 Å². The van der Waals surface area contributed by atoms with Gasteiger partial charge in [-0.05, 0) is 12.1 Å². The highest BCUT2D eigenvalue weighted by Gasteiger charge is 2.12. The number of hydrogen-bond acceptors (Lipinski definition) is 3. The molecule has 0 fully saturated rings. The van der Waals surface area contributed by atoms with E-state index in [1.54, 1.807) is 12.1 Å². The lowest BCUT2D eigenvalue weighted by Crippen LogP contribution is -1.89. The topological polar surface area (TPSA) is 46.0 Å². The van der Waals surface area contributed by atoms with E-state index < -0.39 is 0 Å². The molecule has 0 aliphatic carbocycles. The van der Waals surface area contributed by atoms with E-state index in [0.717, 1.165) is 0 Å². The number of rotatable bonds is 1. The van der Waals surface area contributed by atoms with Gasteiger partial charge in [0.1, 0.15) is 0 Å². The minimum atomic E-state index is -0.0140. The summed E-state index contributed by atoms with van der Waals surface area (Å²) in [5.41, 5.74) is 0.566. The zero-order chi connectivity index (χ0) is 11.7. The van der Waals surface area contributed by atoms with Crippen molar-refractivity contribution in [1.29, 1.82) is 0 Å². The molecule has 1 aromatic carbocycles. The fourth-order valence-corrected chi connectivity index (χ4v) is 1.78. The van der Waals surface area contributed by atoms with Gasteiger partial charge in [-0.2, -0.15) is 0 Å². The fourth-order valence-electron chi connectivity index (χ4n) is 1.16. The minimum Gasteiger partial charge on any atom is -0.505 e. The van der Waals surface area contributed by atoms with Crippen LogP contribution in [0.1, 0.15) is 0 Å². The molecule has 0 atom stereocenters. The Morgan fingerprint density at radius 3 is 2.19 bits per heavy atom. The molecular formula is C10H5Cl3N2O. The number of hydrogen-bond donors (Lipinski definition) is 1. The largest absolute Gasteiger partial charge is 0.505 e. The Morgan fingerprint density at radius 2 is 1.56 bits per heavy atom. The highest BCUT2D eigenvalue weighted by molar-refractivity contribution is 6.49. The van der Waals surface area contributed by atoms with E-state index in [1.807, 2.05) is 0 Å². The molecule has 0 amide bonds. The second-order valence-corrected chi connectivity index (χ2v) is 4.15. The van der Waals surface area contributed by atoms with E-state index in [0.29, 0.717) is 21.4 Å². The Morgan fingerprint density at radius 1 is 0.938 bits per heavy atom. The summed E-state index contributed by atoms with van der Waals surface area (Å²) in [5, 5.41) is 9.99. The van der Waals surface area contributed by atoms with Crippen LogP contribution in [0.4, 0.5) is 0 Å². The lowest BCUT2D eigenvalue weighted by atomic mass is 10.2. The van der Waals surface area contributed by atoms with Crippen LogP contribution in [0.5, 0.6) is 5.75 Å². The fraction of sp³-hybridized carbons (Fsp3) is 0. The van der Waals surface area contributed by atoms with Crippen molar-refractivity contribution in [3.8, 4) is 17.1 Å². The first kappa shape index (κ1) is 11.5. The molecule has 0 bridgehead atoms. The van der Waals surface area contributed by atoms with Crippen molar-refractivity contribution in [3.05, 3.63) is 39.6 Å². The van der Waals surface area contributed by atoms with Crippen LogP contribution in [0.15, 0.2) is 24.5 Å². The van der Waals surface area contributed by atoms with Crippen molar-refractivity contribution < 1.29 is 5.11 Å². The summed E-state index contributed by atoms with van der Waals surface area (Å²) >= 11 is 17.7. The predicted octanol–water partition coefficient (Wildman–Crippen LogP) is 3.81. The van der Waals surface area contributed by atoms with Crippen molar-refractivity contribution in [2.24, 2.45) is 0 Å². The maximum atomic E-state index is 9.07. The average Bonchev–Trinajstić information content (AvgIpc) is 2.28. The van der Waals surface area contributed by atoms with Gasteiger partial charge in [0.15, 0.2) is 11.6 Å². The van der Waals surface area contributed by atoms with Crippen LogP contribution in [0.3, 0.4) is 0 Å². The molecule has 1 N–H and O–H groups in total. The molecule has 2 rings (SSSR count). The predicted molar refractivity (Wildman–Crippen MR) is 64.2 cm³/mol. The first-order valence-corrected chi connectivity index (χ1v) is 5.38. The van der Waals surface area contributed by atoms with Crippen molar-refractivity contribution in [2.45, 2.75) is 0 Å². The minimum absolute atomic E-state index is 0.0140. The molecule has 16 heavy (non-hydrogen) atoms. The third-order valence-electron chi connectivity index (χ3n) is 1.91. The van der Waals surface area contributed by atoms with Crippen molar-refractivity contribution >= 4 is 34.8 Å². The molecule has 1 heterocycles. The number of halogens is 3. The van der Waals surface area contributed by atoms with E-state index >= 15 is 0 Å². The van der Waals surface area contributed by atoms with Crippen LogP contribution < -0.4 is 0 Å². The molecule has 0 radical (unpaired) electrons. The Balaban J connectivity index is 2.57. The number of aromatic nitrogens is 2. The Kier molecular flexibility index (Phi) is 3.19. The molecule has 0 spiro atoms. The van der Waals surface area contributed by atoms with Gasteiger partial charge >= 0.3 is 0 Å². The number of aromatic hydroxyl groups is 1. The van der Waals surface area contributed by atoms with Gasteiger partial charge in [-0.15, -0.1) is 0 Å². The molecule has 6 heteroatoms. The number of nitrogens with zero attached hydrogens (tertiary/aromatic N) is 2. The molecule has 0 saturated carbocycles. The Bertz CT molecular complexity index is 528. The second-order valence-electron chi connectivity index (χ2n) is 2.99. The van der Waals surface area contributed by atoms with Crippen LogP contribution in [0.2, 0.25) is 15.1 Å². The zero-order valence-corrected chi connectivity index (χ0v) is 10.1. The van der Waals surface area contributed by atoms with E-state index in [1.165, 1.54) is 12.4 Å². The Hall–Kier alpha value is -1.03. The van der Waals surface area contributed by atoms with E-state index in [2.05, 4.69) is 9.97 Å². The van der Waals surface area contributed by atoms with Gasteiger partial charge in [0.2, 0.25) is 0 Å². The first-order valence-electron chi connectivity index (χ1n) is 4.24. The Labute approximate surface area is 107 Å². The second kappa shape index (κ2) is 4.45. The SMILES string of the molecule is Oc1cnc(-c2ccc(Cl)c(Cl)c2Cl)nc1. The lowest BCUT2D eigenvalue weighted by Gasteiger charge is -2.05. The molecular weight excluding hydrogens is 270 g/mol. The summed E-state index contributed by atoms with van der Waals surface area (Å²) in [7, 11) is 0. The molecule has 0 aliphatic heterocycles. The molecule has 0 aliphatic rings. The normalized spacial score (nSPS) is 10.4. The van der Waals surface area contributed by atoms with Gasteiger partial charge in [-0.3, -0.25) is 0 Å². The average molecular weight is 276 g/mol. The van der Waals surface area contributed by atoms with Crippen molar-refractivity contribution in [2.75, 3.05) is 0 Å².